The predicted molar refractivity (Wildman–Crippen MR) is 152 cm³/mol. The highest BCUT2D eigenvalue weighted by Crippen LogP contribution is 2.44. The number of fused-ring (bicyclic) bond motifs is 1. The third-order valence-corrected chi connectivity index (χ3v) is 8.62. The third-order valence-electron chi connectivity index (χ3n) is 7.31. The topological polar surface area (TPSA) is 80.3 Å². The maximum absolute atomic E-state index is 12.6. The zero-order valence-corrected chi connectivity index (χ0v) is 25.0. The molecule has 2 aromatic rings. The maximum Gasteiger partial charge on any atom is 0.410 e. The number of ether oxygens (including phenoxy) is 3. The molecule has 3 heterocycles. The summed E-state index contributed by atoms with van der Waals surface area (Å²) in [6.07, 6.45) is 4.98. The van der Waals surface area contributed by atoms with Crippen LogP contribution in [-0.2, 0) is 4.74 Å². The van der Waals surface area contributed by atoms with Gasteiger partial charge in [0.15, 0.2) is 5.75 Å². The van der Waals surface area contributed by atoms with Gasteiger partial charge in [0, 0.05) is 44.7 Å². The molecule has 9 nitrogen and oxygen atoms in total. The lowest BCUT2D eigenvalue weighted by atomic mass is 9.96. The maximum atomic E-state index is 12.6. The summed E-state index contributed by atoms with van der Waals surface area (Å²) in [6, 6.07) is 2.24. The van der Waals surface area contributed by atoms with Crippen LogP contribution in [0.15, 0.2) is 10.5 Å². The van der Waals surface area contributed by atoms with E-state index in [-0.39, 0.29) is 18.3 Å². The number of anilines is 1. The van der Waals surface area contributed by atoms with Crippen LogP contribution in [-0.4, -0.2) is 90.0 Å². The van der Waals surface area contributed by atoms with Crippen molar-refractivity contribution < 1.29 is 19.0 Å². The zero-order valence-electron chi connectivity index (χ0n) is 22.6. The molecule has 208 valence electrons. The van der Waals surface area contributed by atoms with Gasteiger partial charge in [-0.1, -0.05) is 11.6 Å². The Hall–Kier alpha value is -2.04. The van der Waals surface area contributed by atoms with E-state index in [1.807, 2.05) is 26.8 Å². The van der Waals surface area contributed by atoms with Crippen molar-refractivity contribution >= 4 is 50.3 Å². The summed E-state index contributed by atoms with van der Waals surface area (Å²) in [5.41, 5.74) is 0.161. The van der Waals surface area contributed by atoms with Crippen molar-refractivity contribution in [3.05, 3.63) is 15.6 Å². The molecule has 38 heavy (non-hydrogen) atoms. The van der Waals surface area contributed by atoms with Crippen LogP contribution in [0.4, 0.5) is 10.6 Å². The highest BCUT2D eigenvalue weighted by Gasteiger charge is 2.30. The second-order valence-electron chi connectivity index (χ2n) is 11.5. The first-order chi connectivity index (χ1) is 18.1. The second-order valence-corrected chi connectivity index (χ2v) is 12.7. The van der Waals surface area contributed by atoms with Crippen molar-refractivity contribution in [2.24, 2.45) is 0 Å². The predicted octanol–water partition coefficient (Wildman–Crippen LogP) is 5.51. The lowest BCUT2D eigenvalue weighted by Gasteiger charge is -2.36. The number of likely N-dealkylation sites (tertiary alicyclic amines) is 1. The molecule has 0 bridgehead atoms. The zero-order chi connectivity index (χ0) is 27.0. The summed E-state index contributed by atoms with van der Waals surface area (Å²) in [5, 5.41) is 1.36. The molecule has 2 saturated heterocycles. The van der Waals surface area contributed by atoms with Crippen molar-refractivity contribution in [1.82, 2.24) is 19.8 Å². The number of aromatic nitrogens is 2. The van der Waals surface area contributed by atoms with Crippen LogP contribution in [0.2, 0.25) is 5.02 Å². The summed E-state index contributed by atoms with van der Waals surface area (Å²) in [6.45, 7) is 9.87. The van der Waals surface area contributed by atoms with Crippen LogP contribution in [0.5, 0.6) is 11.8 Å². The number of benzene rings is 1. The van der Waals surface area contributed by atoms with Gasteiger partial charge in [0.25, 0.3) is 0 Å². The van der Waals surface area contributed by atoms with Gasteiger partial charge in [-0.2, -0.15) is 9.97 Å². The number of piperazine rings is 1. The van der Waals surface area contributed by atoms with Gasteiger partial charge in [-0.15, -0.1) is 0 Å². The Labute approximate surface area is 237 Å². The van der Waals surface area contributed by atoms with Gasteiger partial charge in [-0.3, -0.25) is 0 Å². The van der Waals surface area contributed by atoms with E-state index in [9.17, 15) is 4.79 Å². The lowest BCUT2D eigenvalue weighted by Crippen LogP contribution is -2.50. The highest BCUT2D eigenvalue weighted by atomic mass is 79.9. The highest BCUT2D eigenvalue weighted by molar-refractivity contribution is 9.10. The molecular formula is C27H37BrClN5O4. The molecule has 1 aromatic heterocycles. The van der Waals surface area contributed by atoms with Gasteiger partial charge in [-0.05, 0) is 81.9 Å². The number of rotatable bonds is 5. The van der Waals surface area contributed by atoms with Crippen molar-refractivity contribution in [1.29, 1.82) is 0 Å². The summed E-state index contributed by atoms with van der Waals surface area (Å²) in [5.74, 6) is 1.39. The van der Waals surface area contributed by atoms with Crippen LogP contribution in [0.3, 0.4) is 0 Å². The molecule has 0 N–H and O–H groups in total. The largest absolute Gasteiger partial charge is 0.487 e. The van der Waals surface area contributed by atoms with E-state index in [0.29, 0.717) is 53.0 Å². The molecule has 1 aliphatic carbocycles. The van der Waals surface area contributed by atoms with Crippen molar-refractivity contribution in [3.8, 4) is 11.8 Å². The van der Waals surface area contributed by atoms with Crippen LogP contribution in [0.1, 0.15) is 52.9 Å². The fourth-order valence-electron chi connectivity index (χ4n) is 4.88. The molecule has 0 spiro atoms. The smallest absolute Gasteiger partial charge is 0.410 e. The summed E-state index contributed by atoms with van der Waals surface area (Å²) in [4.78, 5) is 28.6. The van der Waals surface area contributed by atoms with Crippen LogP contribution < -0.4 is 14.4 Å². The average Bonchev–Trinajstić information content (AvgIpc) is 2.84. The number of carbonyl (C=O) groups excluding carboxylic acids is 1. The molecule has 0 radical (unpaired) electrons. The molecule has 0 atom stereocenters. The molecular weight excluding hydrogens is 574 g/mol. The van der Waals surface area contributed by atoms with Gasteiger partial charge in [0.2, 0.25) is 0 Å². The first kappa shape index (κ1) is 27.5. The van der Waals surface area contributed by atoms with Crippen molar-refractivity contribution in [2.75, 3.05) is 51.2 Å². The van der Waals surface area contributed by atoms with Gasteiger partial charge >= 0.3 is 12.1 Å². The summed E-state index contributed by atoms with van der Waals surface area (Å²) in [7, 11) is 2.13. The van der Waals surface area contributed by atoms with E-state index in [2.05, 4.69) is 32.8 Å². The average molecular weight is 611 g/mol. The number of nitrogens with zero attached hydrogens (tertiary/aromatic N) is 5. The normalized spacial score (nSPS) is 19.9. The number of amides is 1. The second kappa shape index (κ2) is 11.2. The molecule has 5 rings (SSSR count). The summed E-state index contributed by atoms with van der Waals surface area (Å²) >= 11 is 10.3. The van der Waals surface area contributed by atoms with Crippen molar-refractivity contribution in [3.63, 3.8) is 0 Å². The fourth-order valence-corrected chi connectivity index (χ4v) is 5.47. The Morgan fingerprint density at radius 3 is 2.26 bits per heavy atom. The molecule has 3 fully saturated rings. The molecule has 1 saturated carbocycles. The van der Waals surface area contributed by atoms with E-state index in [1.165, 1.54) is 0 Å². The van der Waals surface area contributed by atoms with E-state index >= 15 is 0 Å². The molecule has 0 unspecified atom stereocenters. The van der Waals surface area contributed by atoms with E-state index < -0.39 is 5.60 Å². The van der Waals surface area contributed by atoms with Crippen LogP contribution >= 0.6 is 27.5 Å². The third kappa shape index (κ3) is 6.23. The molecule has 1 aromatic carbocycles. The van der Waals surface area contributed by atoms with Crippen LogP contribution in [0.25, 0.3) is 10.9 Å². The monoisotopic (exact) mass is 609 g/mol. The molecule has 2 aliphatic heterocycles. The first-order valence-corrected chi connectivity index (χ1v) is 14.7. The Bertz CT molecular complexity index is 1170. The van der Waals surface area contributed by atoms with Crippen molar-refractivity contribution in [2.45, 2.75) is 70.7 Å². The van der Waals surface area contributed by atoms with Crippen LogP contribution in [0, 0.1) is 0 Å². The van der Waals surface area contributed by atoms with Gasteiger partial charge < -0.3 is 28.9 Å². The van der Waals surface area contributed by atoms with E-state index in [4.69, 9.17) is 35.8 Å². The van der Waals surface area contributed by atoms with E-state index in [1.54, 1.807) is 4.90 Å². The lowest BCUT2D eigenvalue weighted by molar-refractivity contribution is 0.0240. The minimum Gasteiger partial charge on any atom is -0.487 e. The SMILES string of the molecule is CN1CCC(Oc2nc(N3CCN(C(=O)OC(C)(C)C)CC3)c3cc(Cl)c(Br)c(OC4CCC4)c3n2)CC1. The minimum atomic E-state index is -0.530. The number of halogens is 2. The Balaban J connectivity index is 1.47. The molecule has 1 amide bonds. The minimum absolute atomic E-state index is 0.0623. The number of piperidine rings is 1. The molecule has 3 aliphatic rings. The quantitative estimate of drug-likeness (QED) is 0.439. The standard InChI is InChI=1S/C27H37BrClN5O4/c1-27(2,3)38-26(35)34-14-12-33(13-15-34)24-19-16-20(29)21(28)23(36-17-6-5-7-17)22(19)30-25(31-24)37-18-8-10-32(4)11-9-18/h16-18H,5-15H2,1-4H3. The first-order valence-electron chi connectivity index (χ1n) is 13.5. The fraction of sp³-hybridized carbons (Fsp3) is 0.667. The number of hydrogen-bond acceptors (Lipinski definition) is 8. The van der Waals surface area contributed by atoms with Gasteiger partial charge in [-0.25, -0.2) is 4.79 Å². The van der Waals surface area contributed by atoms with Gasteiger partial charge in [0.1, 0.15) is 23.0 Å². The molecule has 11 heteroatoms. The Kier molecular flexibility index (Phi) is 8.12. The van der Waals surface area contributed by atoms with Gasteiger partial charge in [0.05, 0.1) is 15.6 Å². The number of hydrogen-bond donors (Lipinski definition) is 0. The Morgan fingerprint density at radius 2 is 1.66 bits per heavy atom. The Morgan fingerprint density at radius 1 is 1.00 bits per heavy atom. The van der Waals surface area contributed by atoms with E-state index in [0.717, 1.165) is 56.4 Å². The summed E-state index contributed by atoms with van der Waals surface area (Å²) < 4.78 is 19.0. The number of carbonyl (C=O) groups is 1.